The average molecular weight is 221 g/mol. The highest BCUT2D eigenvalue weighted by Crippen LogP contribution is 2.23. The van der Waals surface area contributed by atoms with E-state index in [-0.39, 0.29) is 5.91 Å². The third-order valence-corrected chi connectivity index (χ3v) is 3.80. The highest BCUT2D eigenvalue weighted by molar-refractivity contribution is 7.86. The zero-order valence-corrected chi connectivity index (χ0v) is 8.88. The lowest BCUT2D eigenvalue weighted by Crippen LogP contribution is -2.47. The molecular formula is C8H15NO4S. The third-order valence-electron chi connectivity index (χ3n) is 2.47. The number of rotatable bonds is 2. The normalized spacial score (nSPS) is 28.4. The molecule has 82 valence electrons. The van der Waals surface area contributed by atoms with Gasteiger partial charge in [0.15, 0.2) is 0 Å². The van der Waals surface area contributed by atoms with Crippen molar-refractivity contribution in [2.45, 2.75) is 43.9 Å². The second-order valence-electron chi connectivity index (χ2n) is 3.64. The van der Waals surface area contributed by atoms with Gasteiger partial charge in [-0.15, -0.1) is 0 Å². The second-order valence-corrected chi connectivity index (χ2v) is 5.28. The molecule has 0 saturated heterocycles. The van der Waals surface area contributed by atoms with E-state index < -0.39 is 21.4 Å². The van der Waals surface area contributed by atoms with Crippen LogP contribution in [0.2, 0.25) is 0 Å². The van der Waals surface area contributed by atoms with Gasteiger partial charge in [-0.1, -0.05) is 12.8 Å². The Morgan fingerprint density at radius 2 is 1.93 bits per heavy atom. The molecule has 0 radical (unpaired) electrons. The van der Waals surface area contributed by atoms with Gasteiger partial charge in [-0.25, -0.2) is 0 Å². The van der Waals surface area contributed by atoms with Gasteiger partial charge in [0.05, 0.1) is 0 Å². The lowest BCUT2D eigenvalue weighted by Gasteiger charge is -2.29. The molecule has 0 aromatic carbocycles. The van der Waals surface area contributed by atoms with Crippen LogP contribution in [0.3, 0.4) is 0 Å². The first kappa shape index (κ1) is 11.5. The summed E-state index contributed by atoms with van der Waals surface area (Å²) in [6.45, 7) is 1.34. The Labute approximate surface area is 83.6 Å². The van der Waals surface area contributed by atoms with Crippen LogP contribution in [0, 0.1) is 0 Å². The maximum atomic E-state index is 11.0. The van der Waals surface area contributed by atoms with Crippen molar-refractivity contribution in [2.24, 2.45) is 0 Å². The fourth-order valence-corrected chi connectivity index (χ4v) is 2.96. The Morgan fingerprint density at radius 1 is 1.36 bits per heavy atom. The van der Waals surface area contributed by atoms with Gasteiger partial charge < -0.3 is 5.32 Å². The summed E-state index contributed by atoms with van der Waals surface area (Å²) in [5, 5.41) is 1.73. The molecule has 2 atom stereocenters. The molecule has 0 aromatic heterocycles. The first-order valence-electron chi connectivity index (χ1n) is 4.64. The standard InChI is InChI=1S/C8H15NO4S/c1-6(10)9-7-4-2-3-5-8(7)14(11,12)13/h7-8H,2-5H2,1H3,(H,9,10)(H,11,12,13)/t7-,8-/m1/s1. The van der Waals surface area contributed by atoms with Crippen LogP contribution >= 0.6 is 0 Å². The smallest absolute Gasteiger partial charge is 0.269 e. The Balaban J connectivity index is 2.74. The zero-order valence-electron chi connectivity index (χ0n) is 8.06. The van der Waals surface area contributed by atoms with Crippen molar-refractivity contribution in [1.29, 1.82) is 0 Å². The summed E-state index contributed by atoms with van der Waals surface area (Å²) in [4.78, 5) is 10.8. The molecule has 1 fully saturated rings. The van der Waals surface area contributed by atoms with Gasteiger partial charge in [-0.2, -0.15) is 8.42 Å². The predicted octanol–water partition coefficient (Wildman–Crippen LogP) is 0.322. The van der Waals surface area contributed by atoms with Gasteiger partial charge in [-0.05, 0) is 12.8 Å². The fourth-order valence-electron chi connectivity index (χ4n) is 1.88. The Kier molecular flexibility index (Phi) is 3.49. The average Bonchev–Trinajstić information content (AvgIpc) is 2.01. The molecule has 1 rings (SSSR count). The molecule has 0 heterocycles. The predicted molar refractivity (Wildman–Crippen MR) is 51.4 cm³/mol. The lowest BCUT2D eigenvalue weighted by molar-refractivity contribution is -0.119. The van der Waals surface area contributed by atoms with Crippen LogP contribution in [0.25, 0.3) is 0 Å². The molecule has 5 nitrogen and oxygen atoms in total. The topological polar surface area (TPSA) is 83.5 Å². The number of amides is 1. The van der Waals surface area contributed by atoms with E-state index in [0.29, 0.717) is 12.8 Å². The Morgan fingerprint density at radius 3 is 2.43 bits per heavy atom. The summed E-state index contributed by atoms with van der Waals surface area (Å²) >= 11 is 0. The largest absolute Gasteiger partial charge is 0.352 e. The van der Waals surface area contributed by atoms with Crippen LogP contribution < -0.4 is 5.32 Å². The van der Waals surface area contributed by atoms with E-state index in [1.165, 1.54) is 6.92 Å². The van der Waals surface area contributed by atoms with E-state index in [1.807, 2.05) is 0 Å². The van der Waals surface area contributed by atoms with Gasteiger partial charge in [-0.3, -0.25) is 9.35 Å². The third kappa shape index (κ3) is 2.95. The van der Waals surface area contributed by atoms with Crippen molar-refractivity contribution in [3.05, 3.63) is 0 Å². The van der Waals surface area contributed by atoms with E-state index in [2.05, 4.69) is 5.32 Å². The van der Waals surface area contributed by atoms with Crippen LogP contribution in [-0.2, 0) is 14.9 Å². The van der Waals surface area contributed by atoms with Gasteiger partial charge in [0.1, 0.15) is 5.25 Å². The molecule has 0 bridgehead atoms. The molecule has 1 saturated carbocycles. The summed E-state index contributed by atoms with van der Waals surface area (Å²) in [7, 11) is -4.04. The number of hydrogen-bond acceptors (Lipinski definition) is 3. The molecular weight excluding hydrogens is 206 g/mol. The van der Waals surface area contributed by atoms with Gasteiger partial charge >= 0.3 is 0 Å². The maximum absolute atomic E-state index is 11.0. The summed E-state index contributed by atoms with van der Waals surface area (Å²) in [6, 6.07) is -0.434. The molecule has 2 N–H and O–H groups in total. The quantitative estimate of drug-likeness (QED) is 0.658. The van der Waals surface area contributed by atoms with Crippen LogP contribution in [0.15, 0.2) is 0 Å². The van der Waals surface area contributed by atoms with Crippen LogP contribution in [-0.4, -0.2) is 30.2 Å². The number of nitrogens with one attached hydrogen (secondary N) is 1. The van der Waals surface area contributed by atoms with Crippen LogP contribution in [0.5, 0.6) is 0 Å². The molecule has 1 aliphatic rings. The molecule has 6 heteroatoms. The summed E-state index contributed by atoms with van der Waals surface area (Å²) < 4.78 is 30.9. The molecule has 0 spiro atoms. The van der Waals surface area contributed by atoms with Crippen molar-refractivity contribution < 1.29 is 17.8 Å². The molecule has 0 aromatic rings. The fraction of sp³-hybridized carbons (Fsp3) is 0.875. The molecule has 0 unspecified atom stereocenters. The Bertz CT molecular complexity index is 311. The molecule has 14 heavy (non-hydrogen) atoms. The van der Waals surface area contributed by atoms with Crippen molar-refractivity contribution >= 4 is 16.0 Å². The van der Waals surface area contributed by atoms with Crippen molar-refractivity contribution in [1.82, 2.24) is 5.32 Å². The first-order chi connectivity index (χ1) is 6.41. The highest BCUT2D eigenvalue weighted by Gasteiger charge is 2.34. The van der Waals surface area contributed by atoms with Gasteiger partial charge in [0.25, 0.3) is 10.1 Å². The Hall–Kier alpha value is -0.620. The molecule has 1 aliphatic carbocycles. The minimum atomic E-state index is -4.04. The van der Waals surface area contributed by atoms with E-state index in [4.69, 9.17) is 4.55 Å². The minimum Gasteiger partial charge on any atom is -0.352 e. The lowest BCUT2D eigenvalue weighted by atomic mass is 9.95. The highest BCUT2D eigenvalue weighted by atomic mass is 32.2. The van der Waals surface area contributed by atoms with Crippen molar-refractivity contribution in [3.8, 4) is 0 Å². The van der Waals surface area contributed by atoms with Crippen molar-refractivity contribution in [3.63, 3.8) is 0 Å². The SMILES string of the molecule is CC(=O)N[C@@H]1CCCC[C@H]1S(=O)(=O)O. The van der Waals surface area contributed by atoms with E-state index >= 15 is 0 Å². The monoisotopic (exact) mass is 221 g/mol. The van der Waals surface area contributed by atoms with E-state index in [1.54, 1.807) is 0 Å². The first-order valence-corrected chi connectivity index (χ1v) is 6.15. The van der Waals surface area contributed by atoms with Crippen LogP contribution in [0.1, 0.15) is 32.6 Å². The van der Waals surface area contributed by atoms with Gasteiger partial charge in [0, 0.05) is 13.0 Å². The van der Waals surface area contributed by atoms with Gasteiger partial charge in [0.2, 0.25) is 5.91 Å². The summed E-state index contributed by atoms with van der Waals surface area (Å²) in [5.41, 5.74) is 0. The summed E-state index contributed by atoms with van der Waals surface area (Å²) in [5.74, 6) is -0.259. The second kappa shape index (κ2) is 4.27. The summed E-state index contributed by atoms with van der Waals surface area (Å²) in [6.07, 6.45) is 2.70. The zero-order chi connectivity index (χ0) is 10.8. The number of hydrogen-bond donors (Lipinski definition) is 2. The number of carbonyl (C=O) groups excluding carboxylic acids is 1. The number of carbonyl (C=O) groups is 1. The molecule has 0 aliphatic heterocycles. The van der Waals surface area contributed by atoms with E-state index in [0.717, 1.165) is 12.8 Å². The van der Waals surface area contributed by atoms with E-state index in [9.17, 15) is 13.2 Å². The maximum Gasteiger partial charge on any atom is 0.269 e. The van der Waals surface area contributed by atoms with Crippen LogP contribution in [0.4, 0.5) is 0 Å². The minimum absolute atomic E-state index is 0.259. The molecule has 1 amide bonds. The van der Waals surface area contributed by atoms with Crippen molar-refractivity contribution in [2.75, 3.05) is 0 Å².